The van der Waals surface area contributed by atoms with Crippen LogP contribution < -0.4 is 15.2 Å². The summed E-state index contributed by atoms with van der Waals surface area (Å²) in [6.07, 6.45) is 0.527. The van der Waals surface area contributed by atoms with Gasteiger partial charge >= 0.3 is 6.09 Å². The molecule has 25 heavy (non-hydrogen) atoms. The maximum Gasteiger partial charge on any atom is 0.410 e. The van der Waals surface area contributed by atoms with Gasteiger partial charge in [0.2, 0.25) is 12.7 Å². The molecule has 7 nitrogen and oxygen atoms in total. The molecule has 0 spiro atoms. The van der Waals surface area contributed by atoms with Crippen molar-refractivity contribution in [3.8, 4) is 11.5 Å². The minimum atomic E-state index is -0.820. The van der Waals surface area contributed by atoms with Crippen LogP contribution in [0.15, 0.2) is 18.2 Å². The molecule has 0 aromatic heterocycles. The summed E-state index contributed by atoms with van der Waals surface area (Å²) in [5, 5.41) is 0. The van der Waals surface area contributed by atoms with E-state index in [-0.39, 0.29) is 12.9 Å². The van der Waals surface area contributed by atoms with Crippen LogP contribution in [0.4, 0.5) is 4.79 Å². The number of likely N-dealkylation sites (tertiary alicyclic amines) is 1. The number of amides is 2. The number of hydrogen-bond donors (Lipinski definition) is 1. The normalized spacial score (nSPS) is 18.8. The molecule has 1 aromatic rings. The first-order valence-corrected chi connectivity index (χ1v) is 8.39. The van der Waals surface area contributed by atoms with E-state index < -0.39 is 16.9 Å². The molecule has 2 aliphatic heterocycles. The summed E-state index contributed by atoms with van der Waals surface area (Å²) in [5.74, 6) is 0.887. The first-order valence-electron chi connectivity index (χ1n) is 8.39. The lowest BCUT2D eigenvalue weighted by Crippen LogP contribution is -2.52. The third-order valence-electron chi connectivity index (χ3n) is 4.67. The van der Waals surface area contributed by atoms with E-state index in [4.69, 9.17) is 19.9 Å². The quantitative estimate of drug-likeness (QED) is 0.884. The zero-order chi connectivity index (χ0) is 18.2. The van der Waals surface area contributed by atoms with Gasteiger partial charge in [-0.2, -0.15) is 0 Å². The van der Waals surface area contributed by atoms with E-state index in [1.807, 2.05) is 32.9 Å². The Bertz CT molecular complexity index is 687. The lowest BCUT2D eigenvalue weighted by atomic mass is 9.72. The van der Waals surface area contributed by atoms with E-state index in [2.05, 4.69) is 0 Å². The Hall–Kier alpha value is -2.44. The summed E-state index contributed by atoms with van der Waals surface area (Å²) in [7, 11) is 0. The van der Waals surface area contributed by atoms with Gasteiger partial charge in [-0.3, -0.25) is 4.79 Å². The zero-order valence-corrected chi connectivity index (χ0v) is 14.8. The highest BCUT2D eigenvalue weighted by Gasteiger charge is 2.43. The molecule has 0 radical (unpaired) electrons. The number of nitrogens with zero attached hydrogens (tertiary/aromatic N) is 1. The first kappa shape index (κ1) is 17.4. The molecule has 3 rings (SSSR count). The predicted molar refractivity (Wildman–Crippen MR) is 90.5 cm³/mol. The van der Waals surface area contributed by atoms with Crippen LogP contribution in [0.5, 0.6) is 11.5 Å². The summed E-state index contributed by atoms with van der Waals surface area (Å²) in [6, 6.07) is 5.46. The van der Waals surface area contributed by atoms with Crippen molar-refractivity contribution in [3.63, 3.8) is 0 Å². The molecule has 0 bridgehead atoms. The SMILES string of the molecule is CC(C)(C)OC(=O)N1CCC(C(N)=O)(c2ccc3c(c2)OCO3)CC1. The summed E-state index contributed by atoms with van der Waals surface area (Å²) >= 11 is 0. The summed E-state index contributed by atoms with van der Waals surface area (Å²) in [5.41, 5.74) is 5.19. The van der Waals surface area contributed by atoms with Crippen LogP contribution in [-0.2, 0) is 14.9 Å². The molecule has 2 amide bonds. The van der Waals surface area contributed by atoms with E-state index in [0.29, 0.717) is 37.4 Å². The second kappa shape index (κ2) is 6.13. The Kier molecular flexibility index (Phi) is 4.26. The highest BCUT2D eigenvalue weighted by atomic mass is 16.7. The van der Waals surface area contributed by atoms with E-state index in [9.17, 15) is 9.59 Å². The Labute approximate surface area is 147 Å². The van der Waals surface area contributed by atoms with E-state index in [0.717, 1.165) is 5.56 Å². The summed E-state index contributed by atoms with van der Waals surface area (Å²) in [4.78, 5) is 26.2. The van der Waals surface area contributed by atoms with Gasteiger partial charge in [0, 0.05) is 13.1 Å². The molecule has 0 saturated carbocycles. The van der Waals surface area contributed by atoms with Crippen molar-refractivity contribution in [1.82, 2.24) is 4.90 Å². The third kappa shape index (κ3) is 3.36. The first-order chi connectivity index (χ1) is 11.7. The van der Waals surface area contributed by atoms with Crippen LogP contribution in [0, 0.1) is 0 Å². The second-order valence-electron chi connectivity index (χ2n) is 7.48. The van der Waals surface area contributed by atoms with Crippen molar-refractivity contribution < 1.29 is 23.8 Å². The number of rotatable bonds is 2. The van der Waals surface area contributed by atoms with Crippen LogP contribution in [-0.4, -0.2) is 42.4 Å². The molecule has 7 heteroatoms. The van der Waals surface area contributed by atoms with Gasteiger partial charge in [-0.1, -0.05) is 6.07 Å². The molecule has 2 aliphatic rings. The van der Waals surface area contributed by atoms with Crippen molar-refractivity contribution >= 4 is 12.0 Å². The Morgan fingerprint density at radius 3 is 2.40 bits per heavy atom. The number of fused-ring (bicyclic) bond motifs is 1. The average molecular weight is 348 g/mol. The van der Waals surface area contributed by atoms with Crippen LogP contribution in [0.1, 0.15) is 39.2 Å². The monoisotopic (exact) mass is 348 g/mol. The smallest absolute Gasteiger partial charge is 0.410 e. The number of primary amides is 1. The van der Waals surface area contributed by atoms with Gasteiger partial charge in [0.25, 0.3) is 0 Å². The Morgan fingerprint density at radius 1 is 1.16 bits per heavy atom. The van der Waals surface area contributed by atoms with E-state index in [1.54, 1.807) is 11.0 Å². The molecule has 0 unspecified atom stereocenters. The van der Waals surface area contributed by atoms with Crippen LogP contribution in [0.3, 0.4) is 0 Å². The number of carbonyl (C=O) groups excluding carboxylic acids is 2. The summed E-state index contributed by atoms with van der Waals surface area (Å²) in [6.45, 7) is 6.48. The Morgan fingerprint density at radius 2 is 1.80 bits per heavy atom. The number of carbonyl (C=O) groups is 2. The largest absolute Gasteiger partial charge is 0.454 e. The lowest BCUT2D eigenvalue weighted by Gasteiger charge is -2.40. The fourth-order valence-electron chi connectivity index (χ4n) is 3.27. The molecule has 1 aromatic carbocycles. The van der Waals surface area contributed by atoms with Crippen LogP contribution >= 0.6 is 0 Å². The average Bonchev–Trinajstić information content (AvgIpc) is 3.00. The van der Waals surface area contributed by atoms with Gasteiger partial charge in [-0.05, 0) is 51.3 Å². The van der Waals surface area contributed by atoms with Crippen LogP contribution in [0.2, 0.25) is 0 Å². The molecule has 136 valence electrons. The number of hydrogen-bond acceptors (Lipinski definition) is 5. The highest BCUT2D eigenvalue weighted by molar-refractivity contribution is 5.87. The maximum absolute atomic E-state index is 12.3. The molecular weight excluding hydrogens is 324 g/mol. The van der Waals surface area contributed by atoms with Crippen molar-refractivity contribution in [2.75, 3.05) is 19.9 Å². The number of benzene rings is 1. The lowest BCUT2D eigenvalue weighted by molar-refractivity contribution is -0.125. The van der Waals surface area contributed by atoms with Crippen molar-refractivity contribution in [3.05, 3.63) is 23.8 Å². The minimum Gasteiger partial charge on any atom is -0.454 e. The Balaban J connectivity index is 1.78. The van der Waals surface area contributed by atoms with Gasteiger partial charge in [0.1, 0.15) is 5.60 Å². The standard InChI is InChI=1S/C18H24N2O5/c1-17(2,3)25-16(22)20-8-6-18(7-9-20,15(19)21)12-4-5-13-14(10-12)24-11-23-13/h4-5,10H,6-9,11H2,1-3H3,(H2,19,21). The van der Waals surface area contributed by atoms with Gasteiger partial charge in [-0.25, -0.2) is 4.79 Å². The molecular formula is C18H24N2O5. The van der Waals surface area contributed by atoms with E-state index >= 15 is 0 Å². The highest BCUT2D eigenvalue weighted by Crippen LogP contribution is 2.41. The number of ether oxygens (including phenoxy) is 3. The van der Waals surface area contributed by atoms with Gasteiger partial charge < -0.3 is 24.8 Å². The topological polar surface area (TPSA) is 91.1 Å². The van der Waals surface area contributed by atoms with Crippen molar-refractivity contribution in [1.29, 1.82) is 0 Å². The van der Waals surface area contributed by atoms with Crippen molar-refractivity contribution in [2.24, 2.45) is 5.73 Å². The predicted octanol–water partition coefficient (Wildman–Crippen LogP) is 2.17. The zero-order valence-electron chi connectivity index (χ0n) is 14.8. The van der Waals surface area contributed by atoms with Crippen molar-refractivity contribution in [2.45, 2.75) is 44.6 Å². The fourth-order valence-corrected chi connectivity index (χ4v) is 3.27. The maximum atomic E-state index is 12.3. The van der Waals surface area contributed by atoms with Crippen LogP contribution in [0.25, 0.3) is 0 Å². The molecule has 2 heterocycles. The van der Waals surface area contributed by atoms with Gasteiger partial charge in [-0.15, -0.1) is 0 Å². The minimum absolute atomic E-state index is 0.175. The third-order valence-corrected chi connectivity index (χ3v) is 4.67. The fraction of sp³-hybridized carbons (Fsp3) is 0.556. The van der Waals surface area contributed by atoms with Gasteiger partial charge in [0.15, 0.2) is 11.5 Å². The molecule has 1 saturated heterocycles. The molecule has 2 N–H and O–H groups in total. The molecule has 1 fully saturated rings. The van der Waals surface area contributed by atoms with E-state index in [1.165, 1.54) is 0 Å². The number of piperidine rings is 1. The number of nitrogens with two attached hydrogens (primary N) is 1. The second-order valence-corrected chi connectivity index (χ2v) is 7.48. The van der Waals surface area contributed by atoms with Gasteiger partial charge in [0.05, 0.1) is 5.41 Å². The molecule has 0 atom stereocenters. The molecule has 0 aliphatic carbocycles. The summed E-state index contributed by atoms with van der Waals surface area (Å²) < 4.78 is 16.1.